The maximum absolute atomic E-state index is 12.7. The summed E-state index contributed by atoms with van der Waals surface area (Å²) in [5.74, 6) is 2.43. The van der Waals surface area contributed by atoms with Gasteiger partial charge in [-0.15, -0.1) is 0 Å². The molecule has 2 N–H and O–H groups in total. The molecular weight excluding hydrogens is 236 g/mol. The fourth-order valence-electron chi connectivity index (χ4n) is 3.82. The Kier molecular flexibility index (Phi) is 4.88. The van der Waals surface area contributed by atoms with Gasteiger partial charge in [-0.3, -0.25) is 4.79 Å². The van der Waals surface area contributed by atoms with Crippen molar-refractivity contribution >= 4 is 5.91 Å². The maximum atomic E-state index is 12.7. The summed E-state index contributed by atoms with van der Waals surface area (Å²) in [4.78, 5) is 14.8. The second-order valence-corrected chi connectivity index (χ2v) is 6.87. The fraction of sp³-hybridized carbons (Fsp3) is 0.938. The first-order valence-corrected chi connectivity index (χ1v) is 8.07. The SMILES string of the molecule is CCC1CCN(C(=O)C2CC(N)C(C)CC2C)CC1. The second kappa shape index (κ2) is 6.25. The molecule has 3 heteroatoms. The summed E-state index contributed by atoms with van der Waals surface area (Å²) in [6.45, 7) is 8.63. The highest BCUT2D eigenvalue weighted by atomic mass is 16.2. The molecule has 0 spiro atoms. The van der Waals surface area contributed by atoms with Crippen LogP contribution in [0.2, 0.25) is 0 Å². The van der Waals surface area contributed by atoms with E-state index in [2.05, 4.69) is 25.7 Å². The van der Waals surface area contributed by atoms with Gasteiger partial charge < -0.3 is 10.6 Å². The first-order chi connectivity index (χ1) is 9.02. The van der Waals surface area contributed by atoms with E-state index in [0.717, 1.165) is 31.8 Å². The van der Waals surface area contributed by atoms with Gasteiger partial charge in [0.15, 0.2) is 0 Å². The zero-order valence-corrected chi connectivity index (χ0v) is 12.8. The fourth-order valence-corrected chi connectivity index (χ4v) is 3.82. The first-order valence-electron chi connectivity index (χ1n) is 8.07. The molecule has 3 nitrogen and oxygen atoms in total. The van der Waals surface area contributed by atoms with Crippen LogP contribution in [0.5, 0.6) is 0 Å². The lowest BCUT2D eigenvalue weighted by Crippen LogP contribution is -2.48. The lowest BCUT2D eigenvalue weighted by atomic mass is 9.72. The van der Waals surface area contributed by atoms with Gasteiger partial charge in [0.1, 0.15) is 0 Å². The van der Waals surface area contributed by atoms with Crippen LogP contribution < -0.4 is 5.73 Å². The van der Waals surface area contributed by atoms with E-state index in [9.17, 15) is 4.79 Å². The zero-order chi connectivity index (χ0) is 14.0. The Morgan fingerprint density at radius 3 is 2.37 bits per heavy atom. The molecule has 1 saturated heterocycles. The van der Waals surface area contributed by atoms with Crippen LogP contribution in [0.4, 0.5) is 0 Å². The number of carbonyl (C=O) groups excluding carboxylic acids is 1. The highest BCUT2D eigenvalue weighted by Crippen LogP contribution is 2.34. The molecule has 2 fully saturated rings. The number of nitrogens with zero attached hydrogens (tertiary/aromatic N) is 1. The van der Waals surface area contributed by atoms with Crippen LogP contribution in [0, 0.1) is 23.7 Å². The van der Waals surface area contributed by atoms with Crippen molar-refractivity contribution in [3.05, 3.63) is 0 Å². The topological polar surface area (TPSA) is 46.3 Å². The molecule has 1 amide bonds. The summed E-state index contributed by atoms with van der Waals surface area (Å²) in [5, 5.41) is 0. The average Bonchev–Trinajstić information content (AvgIpc) is 2.42. The van der Waals surface area contributed by atoms with E-state index in [1.54, 1.807) is 0 Å². The zero-order valence-electron chi connectivity index (χ0n) is 12.8. The molecule has 0 aromatic rings. The third-order valence-electron chi connectivity index (χ3n) is 5.51. The Hall–Kier alpha value is -0.570. The Labute approximate surface area is 117 Å². The number of hydrogen-bond donors (Lipinski definition) is 1. The molecule has 2 rings (SSSR count). The Morgan fingerprint density at radius 1 is 1.16 bits per heavy atom. The van der Waals surface area contributed by atoms with E-state index in [1.165, 1.54) is 19.3 Å². The van der Waals surface area contributed by atoms with Crippen LogP contribution in [-0.2, 0) is 4.79 Å². The lowest BCUT2D eigenvalue weighted by Gasteiger charge is -2.40. The van der Waals surface area contributed by atoms with Gasteiger partial charge in [0.2, 0.25) is 5.91 Å². The molecule has 1 saturated carbocycles. The monoisotopic (exact) mass is 266 g/mol. The number of carbonyl (C=O) groups is 1. The standard InChI is InChI=1S/C16H30N2O/c1-4-13-5-7-18(8-6-13)16(19)14-10-15(17)12(3)9-11(14)2/h11-15H,4-10,17H2,1-3H3. The Balaban J connectivity index is 1.92. The summed E-state index contributed by atoms with van der Waals surface area (Å²) < 4.78 is 0. The molecule has 110 valence electrons. The van der Waals surface area contributed by atoms with Gasteiger partial charge in [0, 0.05) is 25.0 Å². The Bertz CT molecular complexity index is 310. The lowest BCUT2D eigenvalue weighted by molar-refractivity contribution is -0.140. The highest BCUT2D eigenvalue weighted by molar-refractivity contribution is 5.79. The van der Waals surface area contributed by atoms with Crippen molar-refractivity contribution < 1.29 is 4.79 Å². The number of amides is 1. The van der Waals surface area contributed by atoms with Gasteiger partial charge in [0.25, 0.3) is 0 Å². The quantitative estimate of drug-likeness (QED) is 0.835. The molecular formula is C16H30N2O. The van der Waals surface area contributed by atoms with Crippen LogP contribution >= 0.6 is 0 Å². The summed E-state index contributed by atoms with van der Waals surface area (Å²) in [7, 11) is 0. The smallest absolute Gasteiger partial charge is 0.226 e. The van der Waals surface area contributed by atoms with Crippen LogP contribution in [0.25, 0.3) is 0 Å². The molecule has 0 radical (unpaired) electrons. The summed E-state index contributed by atoms with van der Waals surface area (Å²) in [5.41, 5.74) is 6.17. The summed E-state index contributed by atoms with van der Waals surface area (Å²) in [6.07, 6.45) is 5.61. The largest absolute Gasteiger partial charge is 0.342 e. The number of likely N-dealkylation sites (tertiary alicyclic amines) is 1. The third kappa shape index (κ3) is 3.31. The molecule has 4 unspecified atom stereocenters. The van der Waals surface area contributed by atoms with Crippen LogP contribution in [-0.4, -0.2) is 29.9 Å². The van der Waals surface area contributed by atoms with Crippen molar-refractivity contribution in [3.63, 3.8) is 0 Å². The molecule has 19 heavy (non-hydrogen) atoms. The molecule has 2 aliphatic rings. The molecule has 1 aliphatic carbocycles. The van der Waals surface area contributed by atoms with Gasteiger partial charge >= 0.3 is 0 Å². The molecule has 1 heterocycles. The number of hydrogen-bond acceptors (Lipinski definition) is 2. The van der Waals surface area contributed by atoms with E-state index >= 15 is 0 Å². The van der Waals surface area contributed by atoms with Crippen molar-refractivity contribution in [2.45, 2.75) is 58.9 Å². The number of nitrogens with two attached hydrogens (primary N) is 1. The maximum Gasteiger partial charge on any atom is 0.226 e. The average molecular weight is 266 g/mol. The number of rotatable bonds is 2. The van der Waals surface area contributed by atoms with Crippen LogP contribution in [0.3, 0.4) is 0 Å². The minimum atomic E-state index is 0.171. The third-order valence-corrected chi connectivity index (χ3v) is 5.51. The van der Waals surface area contributed by atoms with Crippen LogP contribution in [0.1, 0.15) is 52.9 Å². The first kappa shape index (κ1) is 14.8. The van der Waals surface area contributed by atoms with Gasteiger partial charge in [-0.2, -0.15) is 0 Å². The van der Waals surface area contributed by atoms with E-state index in [-0.39, 0.29) is 12.0 Å². The van der Waals surface area contributed by atoms with Gasteiger partial charge in [-0.05, 0) is 43.4 Å². The van der Waals surface area contributed by atoms with Gasteiger partial charge in [-0.25, -0.2) is 0 Å². The Morgan fingerprint density at radius 2 is 1.79 bits per heavy atom. The van der Waals surface area contributed by atoms with E-state index in [0.29, 0.717) is 17.7 Å². The van der Waals surface area contributed by atoms with E-state index in [4.69, 9.17) is 5.73 Å². The predicted molar refractivity (Wildman–Crippen MR) is 78.6 cm³/mol. The van der Waals surface area contributed by atoms with Crippen molar-refractivity contribution in [2.24, 2.45) is 29.4 Å². The summed E-state index contributed by atoms with van der Waals surface area (Å²) >= 11 is 0. The molecule has 1 aliphatic heterocycles. The van der Waals surface area contributed by atoms with Crippen LogP contribution in [0.15, 0.2) is 0 Å². The minimum Gasteiger partial charge on any atom is -0.342 e. The molecule has 0 bridgehead atoms. The van der Waals surface area contributed by atoms with E-state index < -0.39 is 0 Å². The van der Waals surface area contributed by atoms with E-state index in [1.807, 2.05) is 0 Å². The van der Waals surface area contributed by atoms with Gasteiger partial charge in [0.05, 0.1) is 0 Å². The second-order valence-electron chi connectivity index (χ2n) is 6.87. The minimum absolute atomic E-state index is 0.171. The molecule has 0 aromatic carbocycles. The highest BCUT2D eigenvalue weighted by Gasteiger charge is 2.37. The van der Waals surface area contributed by atoms with Crippen molar-refractivity contribution in [3.8, 4) is 0 Å². The molecule has 4 atom stereocenters. The van der Waals surface area contributed by atoms with Gasteiger partial charge in [-0.1, -0.05) is 27.2 Å². The number of piperidine rings is 1. The predicted octanol–water partition coefficient (Wildman–Crippen LogP) is 2.64. The summed E-state index contributed by atoms with van der Waals surface area (Å²) in [6, 6.07) is 0.207. The molecule has 0 aromatic heterocycles. The normalized spacial score (nSPS) is 37.4. The van der Waals surface area contributed by atoms with Crippen molar-refractivity contribution in [2.75, 3.05) is 13.1 Å². The van der Waals surface area contributed by atoms with Crippen molar-refractivity contribution in [1.82, 2.24) is 4.90 Å². The van der Waals surface area contributed by atoms with Crippen molar-refractivity contribution in [1.29, 1.82) is 0 Å².